The van der Waals surface area contributed by atoms with Crippen molar-refractivity contribution in [1.29, 1.82) is 0 Å². The van der Waals surface area contributed by atoms with Crippen LogP contribution in [0.25, 0.3) is 0 Å². The van der Waals surface area contributed by atoms with Gasteiger partial charge in [0.05, 0.1) is 11.5 Å². The zero-order valence-electron chi connectivity index (χ0n) is 11.9. The maximum absolute atomic E-state index is 12.5. The van der Waals surface area contributed by atoms with Crippen LogP contribution >= 0.6 is 0 Å². The second kappa shape index (κ2) is 7.62. The fraction of sp³-hybridized carbons (Fsp3) is 0.571. The van der Waals surface area contributed by atoms with Gasteiger partial charge >= 0.3 is 0 Å². The topological polar surface area (TPSA) is 46.6 Å². The third kappa shape index (κ3) is 4.30. The van der Waals surface area contributed by atoms with Gasteiger partial charge in [0.15, 0.2) is 0 Å². The zero-order valence-corrected chi connectivity index (χ0v) is 12.7. The Morgan fingerprint density at radius 3 is 2.21 bits per heavy atom. The maximum atomic E-state index is 12.5. The Hall–Kier alpha value is -0.910. The summed E-state index contributed by atoms with van der Waals surface area (Å²) in [6, 6.07) is 7.11. The number of nitrogens with zero attached hydrogens (tertiary/aromatic N) is 1. The van der Waals surface area contributed by atoms with Gasteiger partial charge in [-0.05, 0) is 30.5 Å². The van der Waals surface area contributed by atoms with Crippen molar-refractivity contribution in [2.24, 2.45) is 0 Å². The molecule has 0 spiro atoms. The van der Waals surface area contributed by atoms with Gasteiger partial charge in [-0.3, -0.25) is 0 Å². The highest BCUT2D eigenvalue weighted by Gasteiger charge is 2.23. The van der Waals surface area contributed by atoms with Crippen molar-refractivity contribution in [1.82, 2.24) is 4.31 Å². The van der Waals surface area contributed by atoms with Crippen LogP contribution in [0.1, 0.15) is 25.8 Å². The summed E-state index contributed by atoms with van der Waals surface area (Å²) in [6.45, 7) is 5.33. The normalized spacial score (nSPS) is 12.0. The average Bonchev–Trinajstić information content (AvgIpc) is 2.43. The standard InChI is InChI=1S/C14H23NO3S/c1-4-10-15(11-12-18-3)19(16,17)14-8-6-13(5-2)7-9-14/h6-9H,4-5,10-12H2,1-3H3. The van der Waals surface area contributed by atoms with Crippen molar-refractivity contribution in [2.45, 2.75) is 31.6 Å². The lowest BCUT2D eigenvalue weighted by molar-refractivity contribution is 0.179. The van der Waals surface area contributed by atoms with Crippen molar-refractivity contribution in [2.75, 3.05) is 26.8 Å². The van der Waals surface area contributed by atoms with Crippen molar-refractivity contribution < 1.29 is 13.2 Å². The molecule has 0 radical (unpaired) electrons. The number of hydrogen-bond acceptors (Lipinski definition) is 3. The number of methoxy groups -OCH3 is 1. The highest BCUT2D eigenvalue weighted by Crippen LogP contribution is 2.17. The first-order valence-corrected chi connectivity index (χ1v) is 8.08. The van der Waals surface area contributed by atoms with Crippen LogP contribution in [0.15, 0.2) is 29.2 Å². The molecule has 0 heterocycles. The molecule has 0 saturated heterocycles. The van der Waals surface area contributed by atoms with Crippen molar-refractivity contribution in [3.8, 4) is 0 Å². The first kappa shape index (κ1) is 16.1. The van der Waals surface area contributed by atoms with E-state index in [2.05, 4.69) is 0 Å². The quantitative estimate of drug-likeness (QED) is 0.736. The lowest BCUT2D eigenvalue weighted by atomic mass is 10.2. The van der Waals surface area contributed by atoms with E-state index >= 15 is 0 Å². The number of rotatable bonds is 8. The molecule has 1 rings (SSSR count). The van der Waals surface area contributed by atoms with Gasteiger partial charge in [-0.1, -0.05) is 26.0 Å². The van der Waals surface area contributed by atoms with E-state index in [-0.39, 0.29) is 0 Å². The third-order valence-electron chi connectivity index (χ3n) is 2.99. The molecule has 0 bridgehead atoms. The molecule has 0 aromatic heterocycles. The van der Waals surface area contributed by atoms with Gasteiger partial charge in [-0.2, -0.15) is 4.31 Å². The molecule has 1 aromatic carbocycles. The van der Waals surface area contributed by atoms with Crippen LogP contribution in [-0.2, 0) is 21.2 Å². The highest BCUT2D eigenvalue weighted by molar-refractivity contribution is 7.89. The van der Waals surface area contributed by atoms with Gasteiger partial charge < -0.3 is 4.74 Å². The third-order valence-corrected chi connectivity index (χ3v) is 4.90. The molecule has 108 valence electrons. The summed E-state index contributed by atoms with van der Waals surface area (Å²) in [7, 11) is -1.83. The Morgan fingerprint density at radius 1 is 1.11 bits per heavy atom. The van der Waals surface area contributed by atoms with Crippen LogP contribution < -0.4 is 0 Å². The zero-order chi connectivity index (χ0) is 14.3. The molecule has 0 atom stereocenters. The van der Waals surface area contributed by atoms with Crippen LogP contribution in [0.4, 0.5) is 0 Å². The summed E-state index contributed by atoms with van der Waals surface area (Å²) in [6.07, 6.45) is 1.69. The molecular formula is C14H23NO3S. The second-order valence-corrected chi connectivity index (χ2v) is 6.33. The van der Waals surface area contributed by atoms with E-state index in [9.17, 15) is 8.42 Å². The van der Waals surface area contributed by atoms with E-state index in [1.807, 2.05) is 26.0 Å². The molecule has 0 saturated carbocycles. The maximum Gasteiger partial charge on any atom is 0.243 e. The highest BCUT2D eigenvalue weighted by atomic mass is 32.2. The Kier molecular flexibility index (Phi) is 6.48. The fourth-order valence-electron chi connectivity index (χ4n) is 1.84. The molecule has 5 heteroatoms. The fourth-order valence-corrected chi connectivity index (χ4v) is 3.36. The Labute approximate surface area is 116 Å². The van der Waals surface area contributed by atoms with E-state index in [1.54, 1.807) is 19.2 Å². The Bertz CT molecular complexity index is 468. The average molecular weight is 285 g/mol. The monoisotopic (exact) mass is 285 g/mol. The molecule has 19 heavy (non-hydrogen) atoms. The minimum atomic E-state index is -3.41. The molecule has 0 unspecified atom stereocenters. The number of benzene rings is 1. The summed E-state index contributed by atoms with van der Waals surface area (Å²) >= 11 is 0. The number of hydrogen-bond donors (Lipinski definition) is 0. The van der Waals surface area contributed by atoms with Gasteiger partial charge in [-0.25, -0.2) is 8.42 Å². The van der Waals surface area contributed by atoms with E-state index in [0.29, 0.717) is 24.6 Å². The summed E-state index contributed by atoms with van der Waals surface area (Å²) in [4.78, 5) is 0.356. The summed E-state index contributed by atoms with van der Waals surface area (Å²) in [5.74, 6) is 0. The molecule has 1 aromatic rings. The van der Waals surface area contributed by atoms with E-state index < -0.39 is 10.0 Å². The van der Waals surface area contributed by atoms with Crippen LogP contribution in [0.3, 0.4) is 0 Å². The summed E-state index contributed by atoms with van der Waals surface area (Å²) in [5.41, 5.74) is 1.14. The minimum Gasteiger partial charge on any atom is -0.383 e. The van der Waals surface area contributed by atoms with E-state index in [4.69, 9.17) is 4.74 Å². The first-order chi connectivity index (χ1) is 9.06. The smallest absolute Gasteiger partial charge is 0.243 e. The summed E-state index contributed by atoms with van der Waals surface area (Å²) < 4.78 is 31.5. The predicted octanol–water partition coefficient (Wildman–Crippen LogP) is 2.30. The largest absolute Gasteiger partial charge is 0.383 e. The van der Waals surface area contributed by atoms with Gasteiger partial charge in [-0.15, -0.1) is 0 Å². The second-order valence-electron chi connectivity index (χ2n) is 4.39. The van der Waals surface area contributed by atoms with Gasteiger partial charge in [0.25, 0.3) is 0 Å². The first-order valence-electron chi connectivity index (χ1n) is 6.64. The van der Waals surface area contributed by atoms with Crippen LogP contribution in [0, 0.1) is 0 Å². The van der Waals surface area contributed by atoms with Crippen LogP contribution in [-0.4, -0.2) is 39.5 Å². The predicted molar refractivity (Wildman–Crippen MR) is 76.7 cm³/mol. The molecule has 0 aliphatic heterocycles. The van der Waals surface area contributed by atoms with Gasteiger partial charge in [0.2, 0.25) is 10.0 Å². The van der Waals surface area contributed by atoms with E-state index in [1.165, 1.54) is 4.31 Å². The molecule has 0 amide bonds. The summed E-state index contributed by atoms with van der Waals surface area (Å²) in [5, 5.41) is 0. The lowest BCUT2D eigenvalue weighted by Gasteiger charge is -2.21. The number of sulfonamides is 1. The van der Waals surface area contributed by atoms with Crippen LogP contribution in [0.2, 0.25) is 0 Å². The molecule has 0 N–H and O–H groups in total. The Morgan fingerprint density at radius 2 is 1.74 bits per heavy atom. The van der Waals surface area contributed by atoms with E-state index in [0.717, 1.165) is 18.4 Å². The SMILES string of the molecule is CCCN(CCOC)S(=O)(=O)c1ccc(CC)cc1. The lowest BCUT2D eigenvalue weighted by Crippen LogP contribution is -2.34. The molecule has 0 aliphatic carbocycles. The molecule has 0 fully saturated rings. The van der Waals surface area contributed by atoms with Crippen molar-refractivity contribution in [3.05, 3.63) is 29.8 Å². The van der Waals surface area contributed by atoms with Crippen molar-refractivity contribution >= 4 is 10.0 Å². The van der Waals surface area contributed by atoms with Crippen molar-refractivity contribution in [3.63, 3.8) is 0 Å². The van der Waals surface area contributed by atoms with Crippen LogP contribution in [0.5, 0.6) is 0 Å². The minimum absolute atomic E-state index is 0.356. The number of ether oxygens (including phenoxy) is 1. The van der Waals surface area contributed by atoms with Gasteiger partial charge in [0, 0.05) is 20.2 Å². The molecular weight excluding hydrogens is 262 g/mol. The Balaban J connectivity index is 2.96. The van der Waals surface area contributed by atoms with Gasteiger partial charge in [0.1, 0.15) is 0 Å². The molecule has 0 aliphatic rings. The number of aryl methyl sites for hydroxylation is 1. The molecule has 4 nitrogen and oxygen atoms in total.